The molecule has 3 aromatic rings. The van der Waals surface area contributed by atoms with E-state index in [1.807, 2.05) is 37.3 Å². The molecule has 0 unspecified atom stereocenters. The number of rotatable bonds is 4. The molecule has 1 saturated heterocycles. The summed E-state index contributed by atoms with van der Waals surface area (Å²) >= 11 is 0. The molecule has 4 rings (SSSR count). The van der Waals surface area contributed by atoms with E-state index in [1.165, 1.54) is 12.1 Å². The predicted octanol–water partition coefficient (Wildman–Crippen LogP) is 3.50. The molecule has 1 aliphatic rings. The van der Waals surface area contributed by atoms with Crippen molar-refractivity contribution in [1.82, 2.24) is 10.2 Å². The maximum Gasteiger partial charge on any atom is 0.276 e. The fraction of sp³-hybridized carbons (Fsp3) is 0.227. The highest BCUT2D eigenvalue weighted by Crippen LogP contribution is 2.19. The van der Waals surface area contributed by atoms with Gasteiger partial charge in [-0.2, -0.15) is 0 Å². The Bertz CT molecular complexity index is 983. The number of benzene rings is 2. The molecule has 0 radical (unpaired) electrons. The van der Waals surface area contributed by atoms with Gasteiger partial charge in [-0.15, -0.1) is 10.2 Å². The molecule has 0 atom stereocenters. The number of amides is 1. The number of nitrogens with one attached hydrogen (secondary N) is 1. The summed E-state index contributed by atoms with van der Waals surface area (Å²) in [6.45, 7) is 5.15. The third-order valence-electron chi connectivity index (χ3n) is 4.95. The number of aryl methyl sites for hydroxylation is 1. The molecule has 0 saturated carbocycles. The zero-order chi connectivity index (χ0) is 20.2. The van der Waals surface area contributed by atoms with E-state index in [-0.39, 0.29) is 17.4 Å². The molecule has 6 nitrogen and oxygen atoms in total. The SMILES string of the molecule is Cc1cccc(NC(=O)c2ccc(N3CCN(c4ccc(F)cc4)CC3)nn2)c1. The predicted molar refractivity (Wildman–Crippen MR) is 112 cm³/mol. The highest BCUT2D eigenvalue weighted by molar-refractivity contribution is 6.02. The molecule has 1 aliphatic heterocycles. The molecule has 1 aromatic heterocycles. The van der Waals surface area contributed by atoms with Gasteiger partial charge in [0.25, 0.3) is 5.91 Å². The first-order valence-corrected chi connectivity index (χ1v) is 9.56. The minimum Gasteiger partial charge on any atom is -0.368 e. The number of nitrogens with zero attached hydrogens (tertiary/aromatic N) is 4. The van der Waals surface area contributed by atoms with Crippen molar-refractivity contribution >= 4 is 23.1 Å². The fourth-order valence-electron chi connectivity index (χ4n) is 3.38. The van der Waals surface area contributed by atoms with Crippen LogP contribution in [-0.4, -0.2) is 42.3 Å². The van der Waals surface area contributed by atoms with Crippen molar-refractivity contribution < 1.29 is 9.18 Å². The van der Waals surface area contributed by atoms with E-state index in [9.17, 15) is 9.18 Å². The summed E-state index contributed by atoms with van der Waals surface area (Å²) in [7, 11) is 0. The summed E-state index contributed by atoms with van der Waals surface area (Å²) in [5, 5.41) is 11.2. The van der Waals surface area contributed by atoms with E-state index >= 15 is 0 Å². The zero-order valence-corrected chi connectivity index (χ0v) is 16.2. The molecule has 1 amide bonds. The summed E-state index contributed by atoms with van der Waals surface area (Å²) < 4.78 is 13.1. The molecule has 2 aromatic carbocycles. The van der Waals surface area contributed by atoms with E-state index in [1.54, 1.807) is 18.2 Å². The van der Waals surface area contributed by atoms with Crippen LogP contribution in [0.15, 0.2) is 60.7 Å². The topological polar surface area (TPSA) is 61.4 Å². The number of halogens is 1. The van der Waals surface area contributed by atoms with Gasteiger partial charge in [0.05, 0.1) is 0 Å². The average molecular weight is 391 g/mol. The molecule has 1 N–H and O–H groups in total. The minimum absolute atomic E-state index is 0.228. The van der Waals surface area contributed by atoms with Crippen molar-refractivity contribution in [3.63, 3.8) is 0 Å². The van der Waals surface area contributed by atoms with E-state index in [2.05, 4.69) is 25.3 Å². The van der Waals surface area contributed by atoms with Gasteiger partial charge in [0, 0.05) is 37.6 Å². The monoisotopic (exact) mass is 391 g/mol. The molecular weight excluding hydrogens is 369 g/mol. The summed E-state index contributed by atoms with van der Waals surface area (Å²) in [5.41, 5.74) is 3.10. The molecule has 0 spiro atoms. The van der Waals surface area contributed by atoms with Gasteiger partial charge in [-0.3, -0.25) is 4.79 Å². The van der Waals surface area contributed by atoms with Gasteiger partial charge < -0.3 is 15.1 Å². The number of aromatic nitrogens is 2. The van der Waals surface area contributed by atoms with Gasteiger partial charge in [-0.05, 0) is 61.0 Å². The summed E-state index contributed by atoms with van der Waals surface area (Å²) in [6.07, 6.45) is 0. The second-order valence-corrected chi connectivity index (χ2v) is 7.05. The number of hydrogen-bond donors (Lipinski definition) is 1. The Morgan fingerprint density at radius 1 is 0.931 bits per heavy atom. The van der Waals surface area contributed by atoms with Crippen LogP contribution in [0.5, 0.6) is 0 Å². The Balaban J connectivity index is 1.36. The quantitative estimate of drug-likeness (QED) is 0.738. The van der Waals surface area contributed by atoms with Crippen LogP contribution >= 0.6 is 0 Å². The number of anilines is 3. The van der Waals surface area contributed by atoms with Crippen molar-refractivity contribution in [3.8, 4) is 0 Å². The first-order chi connectivity index (χ1) is 14.1. The zero-order valence-electron chi connectivity index (χ0n) is 16.2. The molecule has 2 heterocycles. The van der Waals surface area contributed by atoms with Crippen LogP contribution in [0.3, 0.4) is 0 Å². The van der Waals surface area contributed by atoms with Crippen molar-refractivity contribution in [2.24, 2.45) is 0 Å². The van der Waals surface area contributed by atoms with Gasteiger partial charge >= 0.3 is 0 Å². The third kappa shape index (κ3) is 4.51. The van der Waals surface area contributed by atoms with Crippen LogP contribution < -0.4 is 15.1 Å². The number of hydrogen-bond acceptors (Lipinski definition) is 5. The third-order valence-corrected chi connectivity index (χ3v) is 4.95. The van der Waals surface area contributed by atoms with E-state index in [0.717, 1.165) is 48.9 Å². The van der Waals surface area contributed by atoms with Gasteiger partial charge in [-0.1, -0.05) is 12.1 Å². The summed E-state index contributed by atoms with van der Waals surface area (Å²) in [6, 6.07) is 17.7. The Morgan fingerprint density at radius 3 is 2.31 bits per heavy atom. The molecular formula is C22H22FN5O. The normalized spacial score (nSPS) is 14.0. The molecule has 29 heavy (non-hydrogen) atoms. The lowest BCUT2D eigenvalue weighted by Gasteiger charge is -2.36. The van der Waals surface area contributed by atoms with Gasteiger partial charge in [-0.25, -0.2) is 4.39 Å². The standard InChI is InChI=1S/C22H22FN5O/c1-16-3-2-4-18(15-16)24-22(29)20-9-10-21(26-25-20)28-13-11-27(12-14-28)19-7-5-17(23)6-8-19/h2-10,15H,11-14H2,1H3,(H,24,29). The lowest BCUT2D eigenvalue weighted by molar-refractivity contribution is 0.102. The van der Waals surface area contributed by atoms with Crippen molar-refractivity contribution in [3.05, 3.63) is 77.7 Å². The molecule has 0 bridgehead atoms. The highest BCUT2D eigenvalue weighted by atomic mass is 19.1. The lowest BCUT2D eigenvalue weighted by Crippen LogP contribution is -2.46. The Kier molecular flexibility index (Phi) is 5.37. The number of carbonyl (C=O) groups excluding carboxylic acids is 1. The van der Waals surface area contributed by atoms with Crippen molar-refractivity contribution in [2.45, 2.75) is 6.92 Å². The minimum atomic E-state index is -0.282. The number of piperazine rings is 1. The van der Waals surface area contributed by atoms with E-state index < -0.39 is 0 Å². The second kappa shape index (κ2) is 8.26. The maximum absolute atomic E-state index is 13.1. The number of carbonyl (C=O) groups is 1. The van der Waals surface area contributed by atoms with Crippen LogP contribution in [0.1, 0.15) is 16.1 Å². The maximum atomic E-state index is 13.1. The molecule has 0 aliphatic carbocycles. The van der Waals surface area contributed by atoms with Gasteiger partial charge in [0.2, 0.25) is 0 Å². The largest absolute Gasteiger partial charge is 0.368 e. The van der Waals surface area contributed by atoms with Crippen LogP contribution in [-0.2, 0) is 0 Å². The average Bonchev–Trinajstić information content (AvgIpc) is 2.75. The highest BCUT2D eigenvalue weighted by Gasteiger charge is 2.19. The molecule has 7 heteroatoms. The Hall–Kier alpha value is -3.48. The van der Waals surface area contributed by atoms with E-state index in [0.29, 0.717) is 0 Å². The van der Waals surface area contributed by atoms with Crippen molar-refractivity contribution in [2.75, 3.05) is 41.3 Å². The van der Waals surface area contributed by atoms with Crippen LogP contribution in [0.2, 0.25) is 0 Å². The molecule has 1 fully saturated rings. The van der Waals surface area contributed by atoms with Crippen LogP contribution in [0.4, 0.5) is 21.6 Å². The van der Waals surface area contributed by atoms with Crippen LogP contribution in [0.25, 0.3) is 0 Å². The smallest absolute Gasteiger partial charge is 0.276 e. The van der Waals surface area contributed by atoms with Gasteiger partial charge in [0.15, 0.2) is 11.5 Å². The summed E-state index contributed by atoms with van der Waals surface area (Å²) in [4.78, 5) is 16.7. The van der Waals surface area contributed by atoms with Crippen molar-refractivity contribution in [1.29, 1.82) is 0 Å². The first-order valence-electron chi connectivity index (χ1n) is 9.56. The second-order valence-electron chi connectivity index (χ2n) is 7.05. The molecule has 148 valence electrons. The fourth-order valence-corrected chi connectivity index (χ4v) is 3.38. The van der Waals surface area contributed by atoms with E-state index in [4.69, 9.17) is 0 Å². The summed E-state index contributed by atoms with van der Waals surface area (Å²) in [5.74, 6) is 0.237. The Morgan fingerprint density at radius 2 is 1.66 bits per heavy atom. The Labute approximate surface area is 169 Å². The van der Waals surface area contributed by atoms with Crippen LogP contribution in [0, 0.1) is 12.7 Å². The first kappa shape index (κ1) is 18.9. The lowest BCUT2D eigenvalue weighted by atomic mass is 10.2. The van der Waals surface area contributed by atoms with Gasteiger partial charge in [0.1, 0.15) is 5.82 Å².